The molecule has 0 aliphatic carbocycles. The van der Waals surface area contributed by atoms with Crippen LogP contribution in [0.25, 0.3) is 0 Å². The summed E-state index contributed by atoms with van der Waals surface area (Å²) < 4.78 is 13.1. The predicted octanol–water partition coefficient (Wildman–Crippen LogP) is 3.49. The number of hydrogen-bond donors (Lipinski definition) is 1. The van der Waals surface area contributed by atoms with Gasteiger partial charge in [0, 0.05) is 6.20 Å². The molecule has 1 N–H and O–H groups in total. The van der Waals surface area contributed by atoms with E-state index in [0.29, 0.717) is 22.0 Å². The molecule has 0 radical (unpaired) electrons. The van der Waals surface area contributed by atoms with Gasteiger partial charge in [0.15, 0.2) is 0 Å². The van der Waals surface area contributed by atoms with E-state index < -0.39 is 5.82 Å². The zero-order valence-corrected chi connectivity index (χ0v) is 9.37. The summed E-state index contributed by atoms with van der Waals surface area (Å²) in [5.41, 5.74) is 1.30. The second-order valence-electron chi connectivity index (χ2n) is 3.28. The van der Waals surface area contributed by atoms with E-state index in [2.05, 4.69) is 10.3 Å². The molecule has 1 heterocycles. The number of pyridine rings is 1. The van der Waals surface area contributed by atoms with Crippen LogP contribution in [-0.4, -0.2) is 4.98 Å². The van der Waals surface area contributed by atoms with Crippen LogP contribution in [0.3, 0.4) is 0 Å². The summed E-state index contributed by atoms with van der Waals surface area (Å²) >= 11 is 5.91. The maximum atomic E-state index is 13.1. The average molecular weight is 248 g/mol. The van der Waals surface area contributed by atoms with Crippen molar-refractivity contribution >= 4 is 23.0 Å². The van der Waals surface area contributed by atoms with Crippen LogP contribution < -0.4 is 5.32 Å². The maximum absolute atomic E-state index is 13.1. The third kappa shape index (κ3) is 2.52. The van der Waals surface area contributed by atoms with Gasteiger partial charge in [-0.1, -0.05) is 11.6 Å². The van der Waals surface area contributed by atoms with Crippen molar-refractivity contribution in [2.75, 3.05) is 5.32 Å². The highest BCUT2D eigenvalue weighted by atomic mass is 35.5. The van der Waals surface area contributed by atoms with Gasteiger partial charge in [-0.2, -0.15) is 5.26 Å². The number of halogens is 2. The molecule has 2 rings (SSSR count). The molecule has 0 aliphatic heterocycles. The van der Waals surface area contributed by atoms with Crippen LogP contribution in [0.5, 0.6) is 0 Å². The van der Waals surface area contributed by atoms with Crippen molar-refractivity contribution in [3.63, 3.8) is 0 Å². The first-order valence-electron chi connectivity index (χ1n) is 4.77. The molecule has 0 aliphatic rings. The fourth-order valence-corrected chi connectivity index (χ4v) is 1.49. The summed E-state index contributed by atoms with van der Waals surface area (Å²) in [6.07, 6.45) is 3.00. The number of anilines is 2. The van der Waals surface area contributed by atoms with E-state index in [1.165, 1.54) is 30.6 Å². The lowest BCUT2D eigenvalue weighted by Gasteiger charge is -2.09. The molecule has 0 atom stereocenters. The number of nitriles is 1. The molecule has 3 nitrogen and oxygen atoms in total. The molecule has 5 heteroatoms. The van der Waals surface area contributed by atoms with E-state index in [9.17, 15) is 4.39 Å². The third-order valence-corrected chi connectivity index (χ3v) is 2.47. The molecule has 0 saturated heterocycles. The number of rotatable bonds is 2. The topological polar surface area (TPSA) is 48.7 Å². The number of nitrogens with one attached hydrogen (secondary N) is 1. The number of nitrogens with zero attached hydrogens (tertiary/aromatic N) is 2. The molecule has 2 aromatic rings. The van der Waals surface area contributed by atoms with Crippen LogP contribution >= 0.6 is 11.6 Å². The molecule has 0 bridgehead atoms. The van der Waals surface area contributed by atoms with Gasteiger partial charge >= 0.3 is 0 Å². The summed E-state index contributed by atoms with van der Waals surface area (Å²) in [6.45, 7) is 0. The van der Waals surface area contributed by atoms with Crippen molar-refractivity contribution in [3.05, 3.63) is 53.1 Å². The highest BCUT2D eigenvalue weighted by molar-refractivity contribution is 6.33. The van der Waals surface area contributed by atoms with Crippen LogP contribution in [0.2, 0.25) is 5.02 Å². The van der Waals surface area contributed by atoms with Gasteiger partial charge in [-0.15, -0.1) is 0 Å². The van der Waals surface area contributed by atoms with E-state index in [1.54, 1.807) is 6.07 Å². The monoisotopic (exact) mass is 247 g/mol. The zero-order chi connectivity index (χ0) is 12.3. The molecular formula is C12H7ClFN3. The summed E-state index contributed by atoms with van der Waals surface area (Å²) in [6, 6.07) is 7.55. The van der Waals surface area contributed by atoms with Crippen molar-refractivity contribution < 1.29 is 4.39 Å². The highest BCUT2D eigenvalue weighted by Gasteiger charge is 2.06. The Kier molecular flexibility index (Phi) is 3.22. The Bertz CT molecular complexity index is 593. The quantitative estimate of drug-likeness (QED) is 0.884. The second-order valence-corrected chi connectivity index (χ2v) is 3.69. The lowest BCUT2D eigenvalue weighted by molar-refractivity contribution is 0.628. The van der Waals surface area contributed by atoms with Crippen molar-refractivity contribution in [3.8, 4) is 6.07 Å². The van der Waals surface area contributed by atoms with E-state index in [4.69, 9.17) is 16.9 Å². The summed E-state index contributed by atoms with van der Waals surface area (Å²) in [5, 5.41) is 12.1. The lowest BCUT2D eigenvalue weighted by Crippen LogP contribution is -1.95. The molecule has 0 unspecified atom stereocenters. The maximum Gasteiger partial charge on any atom is 0.125 e. The molecule has 1 aromatic carbocycles. The van der Waals surface area contributed by atoms with E-state index in [1.807, 2.05) is 6.07 Å². The fourth-order valence-electron chi connectivity index (χ4n) is 1.33. The van der Waals surface area contributed by atoms with Gasteiger partial charge in [-0.25, -0.2) is 4.39 Å². The smallest absolute Gasteiger partial charge is 0.125 e. The van der Waals surface area contributed by atoms with E-state index >= 15 is 0 Å². The van der Waals surface area contributed by atoms with E-state index in [0.717, 1.165) is 0 Å². The minimum absolute atomic E-state index is 0.374. The standard InChI is InChI=1S/C12H7ClFN3/c13-10-2-1-9(14)5-11(10)17-12-7-16-4-3-8(12)6-15/h1-5,7,17H. The predicted molar refractivity (Wildman–Crippen MR) is 63.6 cm³/mol. The van der Waals surface area contributed by atoms with Crippen molar-refractivity contribution in [1.82, 2.24) is 4.98 Å². The lowest BCUT2D eigenvalue weighted by atomic mass is 10.2. The van der Waals surface area contributed by atoms with Crippen LogP contribution in [0.1, 0.15) is 5.56 Å². The Morgan fingerprint density at radius 2 is 2.12 bits per heavy atom. The molecule has 17 heavy (non-hydrogen) atoms. The molecule has 1 aromatic heterocycles. The Balaban J connectivity index is 2.38. The third-order valence-electron chi connectivity index (χ3n) is 2.14. The van der Waals surface area contributed by atoms with Gasteiger partial charge in [0.2, 0.25) is 0 Å². The second kappa shape index (κ2) is 4.81. The normalized spacial score (nSPS) is 9.71. The van der Waals surface area contributed by atoms with Gasteiger partial charge in [0.25, 0.3) is 0 Å². The molecule has 84 valence electrons. The van der Waals surface area contributed by atoms with Crippen molar-refractivity contribution in [2.45, 2.75) is 0 Å². The summed E-state index contributed by atoms with van der Waals surface area (Å²) in [5.74, 6) is -0.403. The molecule has 0 fully saturated rings. The number of aromatic nitrogens is 1. The zero-order valence-electron chi connectivity index (χ0n) is 8.61. The van der Waals surface area contributed by atoms with Crippen LogP contribution in [-0.2, 0) is 0 Å². The van der Waals surface area contributed by atoms with Gasteiger partial charge < -0.3 is 5.32 Å². The SMILES string of the molecule is N#Cc1ccncc1Nc1cc(F)ccc1Cl. The molecule has 0 amide bonds. The Hall–Kier alpha value is -2.12. The Morgan fingerprint density at radius 3 is 2.88 bits per heavy atom. The average Bonchev–Trinajstić information content (AvgIpc) is 2.34. The Morgan fingerprint density at radius 1 is 1.29 bits per heavy atom. The highest BCUT2D eigenvalue weighted by Crippen LogP contribution is 2.27. The number of hydrogen-bond acceptors (Lipinski definition) is 3. The minimum atomic E-state index is -0.403. The first kappa shape index (κ1) is 11.4. The first-order chi connectivity index (χ1) is 8.20. The van der Waals surface area contributed by atoms with Gasteiger partial charge in [0.05, 0.1) is 28.2 Å². The van der Waals surface area contributed by atoms with Crippen LogP contribution in [0.4, 0.5) is 15.8 Å². The summed E-state index contributed by atoms with van der Waals surface area (Å²) in [7, 11) is 0. The van der Waals surface area contributed by atoms with Crippen LogP contribution in [0, 0.1) is 17.1 Å². The molecule has 0 spiro atoms. The fraction of sp³-hybridized carbons (Fsp3) is 0. The van der Waals surface area contributed by atoms with Crippen molar-refractivity contribution in [2.24, 2.45) is 0 Å². The largest absolute Gasteiger partial charge is 0.352 e. The Labute approximate surface area is 102 Å². The summed E-state index contributed by atoms with van der Waals surface area (Å²) in [4.78, 5) is 3.89. The minimum Gasteiger partial charge on any atom is -0.352 e. The van der Waals surface area contributed by atoms with Gasteiger partial charge in [0.1, 0.15) is 11.9 Å². The van der Waals surface area contributed by atoms with Gasteiger partial charge in [-0.05, 0) is 24.3 Å². The van der Waals surface area contributed by atoms with Crippen LogP contribution in [0.15, 0.2) is 36.7 Å². The first-order valence-corrected chi connectivity index (χ1v) is 5.14. The van der Waals surface area contributed by atoms with Gasteiger partial charge in [-0.3, -0.25) is 4.98 Å². The number of benzene rings is 1. The molecule has 0 saturated carbocycles. The van der Waals surface area contributed by atoms with E-state index in [-0.39, 0.29) is 0 Å². The van der Waals surface area contributed by atoms with Crippen molar-refractivity contribution in [1.29, 1.82) is 5.26 Å². The molecular weight excluding hydrogens is 241 g/mol.